The number of para-hydroxylation sites is 1. The highest BCUT2D eigenvalue weighted by Gasteiger charge is 2.27. The Balaban J connectivity index is 1.78. The number of nitrogens with one attached hydrogen (secondary N) is 1. The fourth-order valence-electron chi connectivity index (χ4n) is 3.49. The van der Waals surface area contributed by atoms with Gasteiger partial charge in [0.1, 0.15) is 5.37 Å². The van der Waals surface area contributed by atoms with Crippen molar-refractivity contribution in [3.63, 3.8) is 0 Å². The molecule has 0 bridgehead atoms. The van der Waals surface area contributed by atoms with Gasteiger partial charge >= 0.3 is 5.97 Å². The first-order valence-corrected chi connectivity index (χ1v) is 11.9. The average molecular weight is 438 g/mol. The van der Waals surface area contributed by atoms with Crippen molar-refractivity contribution in [3.05, 3.63) is 95.6 Å². The highest BCUT2D eigenvalue weighted by molar-refractivity contribution is 7.92. The maximum absolute atomic E-state index is 13.2. The van der Waals surface area contributed by atoms with Gasteiger partial charge in [0.25, 0.3) is 0 Å². The molecule has 3 aromatic carbocycles. The van der Waals surface area contributed by atoms with Crippen LogP contribution in [0.3, 0.4) is 0 Å². The number of sulfone groups is 1. The molecular weight excluding hydrogens is 410 g/mol. The lowest BCUT2D eigenvalue weighted by molar-refractivity contribution is 0.0697. The van der Waals surface area contributed by atoms with Crippen molar-refractivity contribution >= 4 is 21.5 Å². The summed E-state index contributed by atoms with van der Waals surface area (Å²) < 4.78 is 26.4. The van der Waals surface area contributed by atoms with Crippen molar-refractivity contribution in [2.24, 2.45) is 0 Å². The van der Waals surface area contributed by atoms with Crippen LogP contribution in [0.1, 0.15) is 41.3 Å². The first-order chi connectivity index (χ1) is 14.9. The van der Waals surface area contributed by atoms with Crippen LogP contribution in [-0.4, -0.2) is 24.9 Å². The molecule has 0 saturated carbocycles. The van der Waals surface area contributed by atoms with Crippen LogP contribution in [0.4, 0.5) is 5.69 Å². The molecule has 0 amide bonds. The molecule has 6 heteroatoms. The van der Waals surface area contributed by atoms with E-state index in [4.69, 9.17) is 5.11 Å². The molecule has 31 heavy (non-hydrogen) atoms. The number of hydrogen-bond donors (Lipinski definition) is 2. The third kappa shape index (κ3) is 5.73. The summed E-state index contributed by atoms with van der Waals surface area (Å²) in [6.07, 6.45) is 2.67. The first-order valence-electron chi connectivity index (χ1n) is 10.4. The minimum absolute atomic E-state index is 0.263. The number of aryl methyl sites for hydroxylation is 2. The normalized spacial score (nSPS) is 12.3. The number of carboxylic acid groups (broad SMARTS) is 1. The second-order valence-electron chi connectivity index (χ2n) is 7.44. The molecule has 5 nitrogen and oxygen atoms in total. The smallest absolute Gasteiger partial charge is 0.335 e. The zero-order chi connectivity index (χ0) is 22.3. The van der Waals surface area contributed by atoms with E-state index in [1.165, 1.54) is 0 Å². The van der Waals surface area contributed by atoms with Gasteiger partial charge in [-0.05, 0) is 60.7 Å². The van der Waals surface area contributed by atoms with Crippen molar-refractivity contribution in [1.29, 1.82) is 0 Å². The van der Waals surface area contributed by atoms with E-state index in [0.29, 0.717) is 17.7 Å². The monoisotopic (exact) mass is 437 g/mol. The molecule has 0 aliphatic heterocycles. The van der Waals surface area contributed by atoms with Gasteiger partial charge in [-0.3, -0.25) is 0 Å². The van der Waals surface area contributed by atoms with Gasteiger partial charge in [0.15, 0.2) is 9.84 Å². The molecule has 0 saturated heterocycles. The third-order valence-corrected chi connectivity index (χ3v) is 7.25. The van der Waals surface area contributed by atoms with Gasteiger partial charge in [0.2, 0.25) is 0 Å². The van der Waals surface area contributed by atoms with E-state index in [2.05, 4.69) is 5.32 Å². The van der Waals surface area contributed by atoms with E-state index in [1.807, 2.05) is 43.3 Å². The van der Waals surface area contributed by atoms with Crippen LogP contribution >= 0.6 is 0 Å². The Kier molecular flexibility index (Phi) is 7.47. The standard InChI is InChI=1S/C25H27NO4S/c1-2-8-24(31(29,30)22-10-4-3-5-11-22)26-23-12-7-6-9-20(23)16-13-19-14-17-21(18-15-19)25(27)28/h3-7,9-12,14-15,17-18,24,26H,2,8,13,16H2,1H3,(H,27,28). The minimum Gasteiger partial charge on any atom is -0.478 e. The molecule has 0 heterocycles. The number of aromatic carboxylic acids is 1. The van der Waals surface area contributed by atoms with Crippen molar-refractivity contribution in [1.82, 2.24) is 0 Å². The molecule has 0 fully saturated rings. The molecular formula is C25H27NO4S. The molecule has 3 aromatic rings. The van der Waals surface area contributed by atoms with Crippen molar-refractivity contribution in [2.45, 2.75) is 42.9 Å². The topological polar surface area (TPSA) is 83.5 Å². The van der Waals surface area contributed by atoms with Gasteiger partial charge < -0.3 is 10.4 Å². The highest BCUT2D eigenvalue weighted by Crippen LogP contribution is 2.25. The predicted octanol–water partition coefficient (Wildman–Crippen LogP) is 5.18. The minimum atomic E-state index is -3.52. The Labute approximate surface area is 183 Å². The van der Waals surface area contributed by atoms with Gasteiger partial charge in [0, 0.05) is 5.69 Å². The largest absolute Gasteiger partial charge is 0.478 e. The third-order valence-electron chi connectivity index (χ3n) is 5.21. The molecule has 0 aliphatic rings. The maximum atomic E-state index is 13.2. The number of carboxylic acids is 1. The summed E-state index contributed by atoms with van der Waals surface area (Å²) in [5.74, 6) is -0.942. The van der Waals surface area contributed by atoms with Gasteiger partial charge in [-0.2, -0.15) is 0 Å². The summed E-state index contributed by atoms with van der Waals surface area (Å²) in [4.78, 5) is 11.3. The van der Waals surface area contributed by atoms with Gasteiger partial charge in [-0.25, -0.2) is 13.2 Å². The summed E-state index contributed by atoms with van der Waals surface area (Å²) in [7, 11) is -3.52. The molecule has 1 atom stereocenters. The number of rotatable bonds is 10. The van der Waals surface area contributed by atoms with E-state index in [0.717, 1.165) is 29.7 Å². The Morgan fingerprint density at radius 1 is 0.903 bits per heavy atom. The number of benzene rings is 3. The Hall–Kier alpha value is -3.12. The van der Waals surface area contributed by atoms with Gasteiger partial charge in [-0.1, -0.05) is 61.9 Å². The molecule has 0 radical (unpaired) electrons. The summed E-state index contributed by atoms with van der Waals surface area (Å²) in [5, 5.41) is 11.6. The lowest BCUT2D eigenvalue weighted by Crippen LogP contribution is -2.30. The average Bonchev–Trinajstić information content (AvgIpc) is 2.79. The van der Waals surface area contributed by atoms with Crippen LogP contribution in [0.25, 0.3) is 0 Å². The predicted molar refractivity (Wildman–Crippen MR) is 123 cm³/mol. The zero-order valence-electron chi connectivity index (χ0n) is 17.5. The van der Waals surface area contributed by atoms with Crippen LogP contribution < -0.4 is 5.32 Å². The SMILES string of the molecule is CCCC(Nc1ccccc1CCc1ccc(C(=O)O)cc1)S(=O)(=O)c1ccccc1. The highest BCUT2D eigenvalue weighted by atomic mass is 32.2. The Morgan fingerprint density at radius 2 is 1.55 bits per heavy atom. The summed E-state index contributed by atoms with van der Waals surface area (Å²) in [6, 6.07) is 23.1. The van der Waals surface area contributed by atoms with Crippen molar-refractivity contribution < 1.29 is 18.3 Å². The number of anilines is 1. The summed E-state index contributed by atoms with van der Waals surface area (Å²) in [5.41, 5.74) is 3.12. The summed E-state index contributed by atoms with van der Waals surface area (Å²) >= 11 is 0. The van der Waals surface area contributed by atoms with Gasteiger partial charge in [0.05, 0.1) is 10.5 Å². The molecule has 162 valence electrons. The van der Waals surface area contributed by atoms with Crippen LogP contribution in [0.2, 0.25) is 0 Å². The second kappa shape index (κ2) is 10.3. The van der Waals surface area contributed by atoms with E-state index >= 15 is 0 Å². The van der Waals surface area contributed by atoms with E-state index in [1.54, 1.807) is 42.5 Å². The fraction of sp³-hybridized carbons (Fsp3) is 0.240. The lowest BCUT2D eigenvalue weighted by Gasteiger charge is -2.22. The van der Waals surface area contributed by atoms with Crippen molar-refractivity contribution in [2.75, 3.05) is 5.32 Å². The van der Waals surface area contributed by atoms with E-state index < -0.39 is 21.2 Å². The van der Waals surface area contributed by atoms with Crippen molar-refractivity contribution in [3.8, 4) is 0 Å². The second-order valence-corrected chi connectivity index (χ2v) is 9.57. The van der Waals surface area contributed by atoms with E-state index in [9.17, 15) is 13.2 Å². The van der Waals surface area contributed by atoms with Crippen LogP contribution in [0.15, 0.2) is 83.8 Å². The maximum Gasteiger partial charge on any atom is 0.335 e. The van der Waals surface area contributed by atoms with Gasteiger partial charge in [-0.15, -0.1) is 0 Å². The van der Waals surface area contributed by atoms with Crippen LogP contribution in [0.5, 0.6) is 0 Å². The molecule has 3 rings (SSSR count). The van der Waals surface area contributed by atoms with Crippen LogP contribution in [0, 0.1) is 0 Å². The molecule has 1 unspecified atom stereocenters. The summed E-state index contributed by atoms with van der Waals surface area (Å²) in [6.45, 7) is 1.97. The Bertz CT molecular complexity index is 1110. The zero-order valence-corrected chi connectivity index (χ0v) is 18.3. The van der Waals surface area contributed by atoms with Crippen LogP contribution in [-0.2, 0) is 22.7 Å². The quantitative estimate of drug-likeness (QED) is 0.456. The molecule has 2 N–H and O–H groups in total. The van der Waals surface area contributed by atoms with E-state index in [-0.39, 0.29) is 5.56 Å². The first kappa shape index (κ1) is 22.6. The fourth-order valence-corrected chi connectivity index (χ4v) is 5.18. The molecule has 0 spiro atoms. The molecule has 0 aromatic heterocycles. The Morgan fingerprint density at radius 3 is 2.19 bits per heavy atom. The molecule has 0 aliphatic carbocycles. The number of carbonyl (C=O) groups is 1. The number of hydrogen-bond acceptors (Lipinski definition) is 4. The lowest BCUT2D eigenvalue weighted by atomic mass is 10.0.